The fourth-order valence-electron chi connectivity index (χ4n) is 5.14. The predicted molar refractivity (Wildman–Crippen MR) is 125 cm³/mol. The minimum Gasteiger partial charge on any atom is -0.480 e. The predicted octanol–water partition coefficient (Wildman–Crippen LogP) is 3.82. The van der Waals surface area contributed by atoms with Crippen LogP contribution in [0.4, 0.5) is 4.79 Å². The van der Waals surface area contributed by atoms with E-state index in [0.29, 0.717) is 18.6 Å². The Morgan fingerprint density at radius 1 is 1.09 bits per heavy atom. The van der Waals surface area contributed by atoms with Gasteiger partial charge in [-0.1, -0.05) is 48.5 Å². The maximum absolute atomic E-state index is 13.4. The van der Waals surface area contributed by atoms with Crippen LogP contribution in [0.15, 0.2) is 48.5 Å². The number of carbonyl (C=O) groups is 3. The molecule has 2 atom stereocenters. The molecule has 7 nitrogen and oxygen atoms in total. The topological polar surface area (TPSA) is 95.9 Å². The number of carbonyl (C=O) groups excluding carboxylic acids is 2. The number of nitrogens with one attached hydrogen (secondary N) is 1. The summed E-state index contributed by atoms with van der Waals surface area (Å²) in [4.78, 5) is 39.3. The summed E-state index contributed by atoms with van der Waals surface area (Å²) in [6, 6.07) is 15.3. The van der Waals surface area contributed by atoms with E-state index in [4.69, 9.17) is 4.74 Å². The molecule has 5 rings (SSSR count). The van der Waals surface area contributed by atoms with E-state index in [1.165, 1.54) is 16.7 Å². The van der Waals surface area contributed by atoms with Crippen molar-refractivity contribution in [1.82, 2.24) is 10.2 Å². The summed E-state index contributed by atoms with van der Waals surface area (Å²) in [5.74, 6) is -1.06. The summed E-state index contributed by atoms with van der Waals surface area (Å²) < 4.78 is 5.64. The quantitative estimate of drug-likeness (QED) is 0.696. The molecule has 172 valence electrons. The Balaban J connectivity index is 1.29. The second kappa shape index (κ2) is 8.41. The standard InChI is InChI=1S/C25H26N2O5S/c1-15-27(21(14-33-15)22(28)29)23(30)25(11-6-12-25)26-24(31)32-13-20-18-9-4-2-7-16(18)17-8-3-5-10-19(17)20/h2-5,7-10,15,20-21H,6,11-14H2,1H3,(H,26,31)(H,28,29). The molecule has 0 spiro atoms. The summed E-state index contributed by atoms with van der Waals surface area (Å²) in [5, 5.41) is 12.1. The van der Waals surface area contributed by atoms with E-state index in [9.17, 15) is 19.5 Å². The number of aliphatic carboxylic acids is 1. The van der Waals surface area contributed by atoms with Crippen molar-refractivity contribution in [3.63, 3.8) is 0 Å². The molecule has 2 amide bonds. The Morgan fingerprint density at radius 2 is 1.70 bits per heavy atom. The van der Waals surface area contributed by atoms with E-state index < -0.39 is 23.6 Å². The van der Waals surface area contributed by atoms with Crippen molar-refractivity contribution in [2.75, 3.05) is 12.4 Å². The highest BCUT2D eigenvalue weighted by atomic mass is 32.2. The SMILES string of the molecule is CC1SCC(C(=O)O)N1C(=O)C1(NC(=O)OCC2c3ccccc3-c3ccccc32)CCC1. The number of rotatable bonds is 5. The van der Waals surface area contributed by atoms with Crippen LogP contribution < -0.4 is 5.32 Å². The zero-order chi connectivity index (χ0) is 23.2. The van der Waals surface area contributed by atoms with Crippen LogP contribution in [-0.4, -0.2) is 57.3 Å². The van der Waals surface area contributed by atoms with E-state index in [-0.39, 0.29) is 23.8 Å². The third-order valence-corrected chi connectivity index (χ3v) is 8.26. The Morgan fingerprint density at radius 3 is 2.24 bits per heavy atom. The summed E-state index contributed by atoms with van der Waals surface area (Å²) >= 11 is 1.43. The lowest BCUT2D eigenvalue weighted by molar-refractivity contribution is -0.154. The number of thioether (sulfide) groups is 1. The molecule has 1 heterocycles. The molecule has 1 saturated heterocycles. The van der Waals surface area contributed by atoms with Crippen LogP contribution in [0.25, 0.3) is 11.1 Å². The molecule has 0 aromatic heterocycles. The fraction of sp³-hybridized carbons (Fsp3) is 0.400. The van der Waals surface area contributed by atoms with Gasteiger partial charge in [0.1, 0.15) is 18.2 Å². The average Bonchev–Trinajstić information content (AvgIpc) is 3.32. The molecule has 3 aliphatic rings. The molecule has 1 aliphatic heterocycles. The summed E-state index contributed by atoms with van der Waals surface area (Å²) in [6.07, 6.45) is 1.12. The third-order valence-electron chi connectivity index (χ3n) is 7.04. The molecular formula is C25H26N2O5S. The number of alkyl carbamates (subject to hydrolysis) is 1. The van der Waals surface area contributed by atoms with Crippen LogP contribution >= 0.6 is 11.8 Å². The number of hydrogen-bond acceptors (Lipinski definition) is 5. The van der Waals surface area contributed by atoms with Crippen molar-refractivity contribution >= 4 is 29.7 Å². The summed E-state index contributed by atoms with van der Waals surface area (Å²) in [6.45, 7) is 1.99. The van der Waals surface area contributed by atoms with Crippen LogP contribution in [0.1, 0.15) is 43.2 Å². The van der Waals surface area contributed by atoms with E-state index in [0.717, 1.165) is 28.7 Å². The van der Waals surface area contributed by atoms with Gasteiger partial charge < -0.3 is 20.1 Å². The van der Waals surface area contributed by atoms with Crippen LogP contribution in [0.3, 0.4) is 0 Å². The summed E-state index contributed by atoms with van der Waals surface area (Å²) in [7, 11) is 0. The first kappa shape index (κ1) is 21.8. The molecule has 0 bridgehead atoms. The largest absolute Gasteiger partial charge is 0.480 e. The second-order valence-corrected chi connectivity index (χ2v) is 10.2. The van der Waals surface area contributed by atoms with Gasteiger partial charge in [0.25, 0.3) is 0 Å². The number of benzene rings is 2. The van der Waals surface area contributed by atoms with Crippen molar-refractivity contribution in [3.8, 4) is 11.1 Å². The van der Waals surface area contributed by atoms with Gasteiger partial charge in [-0.2, -0.15) is 0 Å². The smallest absolute Gasteiger partial charge is 0.408 e. The Kier molecular flexibility index (Phi) is 5.56. The number of carboxylic acids is 1. The van der Waals surface area contributed by atoms with Crippen LogP contribution in [0.2, 0.25) is 0 Å². The molecule has 1 saturated carbocycles. The maximum atomic E-state index is 13.4. The number of hydrogen-bond donors (Lipinski definition) is 2. The zero-order valence-corrected chi connectivity index (χ0v) is 19.1. The minimum absolute atomic E-state index is 0.0670. The summed E-state index contributed by atoms with van der Waals surface area (Å²) in [5.41, 5.74) is 3.44. The molecule has 33 heavy (non-hydrogen) atoms. The van der Waals surface area contributed by atoms with Gasteiger partial charge in [-0.25, -0.2) is 9.59 Å². The van der Waals surface area contributed by atoms with Gasteiger partial charge >= 0.3 is 12.1 Å². The molecule has 8 heteroatoms. The minimum atomic E-state index is -1.09. The maximum Gasteiger partial charge on any atom is 0.408 e. The van der Waals surface area contributed by atoms with Crippen LogP contribution in [0.5, 0.6) is 0 Å². The fourth-order valence-corrected chi connectivity index (χ4v) is 6.31. The molecule has 2 aliphatic carbocycles. The monoisotopic (exact) mass is 466 g/mol. The van der Waals surface area contributed by atoms with Crippen molar-refractivity contribution in [1.29, 1.82) is 0 Å². The third kappa shape index (κ3) is 3.66. The lowest BCUT2D eigenvalue weighted by Gasteiger charge is -2.44. The first-order valence-corrected chi connectivity index (χ1v) is 12.3. The van der Waals surface area contributed by atoms with E-state index >= 15 is 0 Å². The average molecular weight is 467 g/mol. The highest BCUT2D eigenvalue weighted by molar-refractivity contribution is 8.00. The number of amides is 2. The Bertz CT molecular complexity index is 1070. The van der Waals surface area contributed by atoms with Gasteiger partial charge in [0.05, 0.1) is 5.37 Å². The van der Waals surface area contributed by atoms with Gasteiger partial charge in [-0.05, 0) is 48.4 Å². The normalized spacial score (nSPS) is 22.8. The van der Waals surface area contributed by atoms with E-state index in [1.54, 1.807) is 0 Å². The van der Waals surface area contributed by atoms with E-state index in [1.807, 2.05) is 31.2 Å². The highest BCUT2D eigenvalue weighted by Gasteiger charge is 2.53. The lowest BCUT2D eigenvalue weighted by atomic mass is 9.75. The van der Waals surface area contributed by atoms with E-state index in [2.05, 4.69) is 29.6 Å². The first-order valence-electron chi connectivity index (χ1n) is 11.2. The Labute approximate surface area is 196 Å². The lowest BCUT2D eigenvalue weighted by Crippen LogP contribution is -2.65. The van der Waals surface area contributed by atoms with Gasteiger partial charge in [0.15, 0.2) is 0 Å². The highest BCUT2D eigenvalue weighted by Crippen LogP contribution is 2.44. The molecule has 2 N–H and O–H groups in total. The molecule has 0 radical (unpaired) electrons. The van der Waals surface area contributed by atoms with Crippen LogP contribution in [0, 0.1) is 0 Å². The molecule has 2 aromatic rings. The number of nitrogens with zero attached hydrogens (tertiary/aromatic N) is 1. The zero-order valence-electron chi connectivity index (χ0n) is 18.3. The van der Waals surface area contributed by atoms with Gasteiger partial charge in [-0.15, -0.1) is 11.8 Å². The number of carboxylic acid groups (broad SMARTS) is 1. The molecule has 2 aromatic carbocycles. The molecular weight excluding hydrogens is 440 g/mol. The van der Waals surface area contributed by atoms with Crippen molar-refractivity contribution in [2.24, 2.45) is 0 Å². The molecule has 2 fully saturated rings. The second-order valence-electron chi connectivity index (χ2n) is 8.89. The number of fused-ring (bicyclic) bond motifs is 3. The number of ether oxygens (including phenoxy) is 1. The van der Waals surface area contributed by atoms with Gasteiger partial charge in [0.2, 0.25) is 5.91 Å². The van der Waals surface area contributed by atoms with Gasteiger partial charge in [0, 0.05) is 11.7 Å². The van der Waals surface area contributed by atoms with Crippen LogP contribution in [-0.2, 0) is 14.3 Å². The van der Waals surface area contributed by atoms with Crippen molar-refractivity contribution in [2.45, 2.75) is 49.1 Å². The van der Waals surface area contributed by atoms with Crippen molar-refractivity contribution < 1.29 is 24.2 Å². The van der Waals surface area contributed by atoms with Gasteiger partial charge in [-0.3, -0.25) is 4.79 Å². The van der Waals surface area contributed by atoms with Crippen molar-refractivity contribution in [3.05, 3.63) is 59.7 Å². The first-order chi connectivity index (χ1) is 15.9. The molecule has 2 unspecified atom stereocenters. The Hall–Kier alpha value is -3.00.